The molecule has 0 aliphatic rings. The zero-order valence-corrected chi connectivity index (χ0v) is 13.6. The van der Waals surface area contributed by atoms with E-state index in [0.717, 1.165) is 0 Å². The normalized spacial score (nSPS) is 13.0. The SMILES string of the molecule is COCc1cc(C(=O)NC(C)COC)cc(S(=O)(=O)Cl)c1. The van der Waals surface area contributed by atoms with Gasteiger partial charge in [-0.25, -0.2) is 8.42 Å². The van der Waals surface area contributed by atoms with E-state index < -0.39 is 15.0 Å². The molecule has 0 saturated heterocycles. The number of carbonyl (C=O) groups is 1. The Bertz CT molecular complexity index is 603. The van der Waals surface area contributed by atoms with Crippen LogP contribution in [0.5, 0.6) is 0 Å². The van der Waals surface area contributed by atoms with E-state index in [4.69, 9.17) is 20.2 Å². The summed E-state index contributed by atoms with van der Waals surface area (Å²) in [7, 11) is 4.42. The van der Waals surface area contributed by atoms with Gasteiger partial charge in [-0.15, -0.1) is 0 Å². The summed E-state index contributed by atoms with van der Waals surface area (Å²) in [6, 6.07) is 3.96. The van der Waals surface area contributed by atoms with Crippen LogP contribution in [0.1, 0.15) is 22.8 Å². The summed E-state index contributed by atoms with van der Waals surface area (Å²) in [5.74, 6) is -0.404. The van der Waals surface area contributed by atoms with Crippen molar-refractivity contribution in [3.8, 4) is 0 Å². The molecule has 1 aromatic carbocycles. The maximum absolute atomic E-state index is 12.1. The Kier molecular flexibility index (Phi) is 6.60. The molecule has 1 atom stereocenters. The average molecular weight is 336 g/mol. The fourth-order valence-electron chi connectivity index (χ4n) is 1.78. The first-order valence-corrected chi connectivity index (χ1v) is 8.46. The molecular weight excluding hydrogens is 318 g/mol. The van der Waals surface area contributed by atoms with Gasteiger partial charge in [-0.05, 0) is 30.7 Å². The van der Waals surface area contributed by atoms with E-state index in [-0.39, 0.29) is 23.1 Å². The van der Waals surface area contributed by atoms with Gasteiger partial charge in [-0.1, -0.05) is 0 Å². The molecule has 1 amide bonds. The van der Waals surface area contributed by atoms with Gasteiger partial charge >= 0.3 is 0 Å². The van der Waals surface area contributed by atoms with Gasteiger partial charge in [0, 0.05) is 36.5 Å². The Morgan fingerprint density at radius 2 is 1.95 bits per heavy atom. The van der Waals surface area contributed by atoms with Gasteiger partial charge in [0.25, 0.3) is 15.0 Å². The molecule has 0 heterocycles. The lowest BCUT2D eigenvalue weighted by Gasteiger charge is -2.14. The van der Waals surface area contributed by atoms with Crippen molar-refractivity contribution in [3.63, 3.8) is 0 Å². The summed E-state index contributed by atoms with van der Waals surface area (Å²) in [5.41, 5.74) is 0.746. The summed E-state index contributed by atoms with van der Waals surface area (Å²) in [4.78, 5) is 12.0. The highest BCUT2D eigenvalue weighted by atomic mass is 35.7. The monoisotopic (exact) mass is 335 g/mol. The second kappa shape index (κ2) is 7.74. The van der Waals surface area contributed by atoms with Gasteiger partial charge in [0.05, 0.1) is 18.1 Å². The fourth-order valence-corrected chi connectivity index (χ4v) is 2.61. The molecule has 118 valence electrons. The van der Waals surface area contributed by atoms with E-state index in [9.17, 15) is 13.2 Å². The molecule has 1 rings (SSSR count). The molecule has 1 aromatic rings. The van der Waals surface area contributed by atoms with Crippen molar-refractivity contribution in [2.24, 2.45) is 0 Å². The van der Waals surface area contributed by atoms with E-state index in [1.54, 1.807) is 13.0 Å². The summed E-state index contributed by atoms with van der Waals surface area (Å²) in [6.45, 7) is 2.30. The van der Waals surface area contributed by atoms with E-state index in [2.05, 4.69) is 5.32 Å². The summed E-state index contributed by atoms with van der Waals surface area (Å²) >= 11 is 0. The van der Waals surface area contributed by atoms with Gasteiger partial charge < -0.3 is 14.8 Å². The molecule has 1 unspecified atom stereocenters. The molecule has 0 spiro atoms. The third-order valence-corrected chi connectivity index (χ3v) is 3.95. The zero-order chi connectivity index (χ0) is 16.0. The van der Waals surface area contributed by atoms with Crippen LogP contribution in [0.25, 0.3) is 0 Å². The number of ether oxygens (including phenoxy) is 2. The quantitative estimate of drug-likeness (QED) is 0.764. The molecule has 0 fully saturated rings. The lowest BCUT2D eigenvalue weighted by molar-refractivity contribution is 0.0905. The number of halogens is 1. The number of rotatable bonds is 7. The Morgan fingerprint density at radius 3 is 2.48 bits per heavy atom. The molecular formula is C13H18ClNO5S. The molecule has 21 heavy (non-hydrogen) atoms. The molecule has 0 aliphatic carbocycles. The number of amides is 1. The molecule has 0 radical (unpaired) electrons. The summed E-state index contributed by atoms with van der Waals surface area (Å²) < 4.78 is 32.8. The summed E-state index contributed by atoms with van der Waals surface area (Å²) in [5, 5.41) is 2.70. The van der Waals surface area contributed by atoms with Gasteiger partial charge in [0.15, 0.2) is 0 Å². The topological polar surface area (TPSA) is 81.7 Å². The maximum Gasteiger partial charge on any atom is 0.261 e. The smallest absolute Gasteiger partial charge is 0.261 e. The van der Waals surface area contributed by atoms with Crippen molar-refractivity contribution in [1.82, 2.24) is 5.32 Å². The van der Waals surface area contributed by atoms with Crippen LogP contribution < -0.4 is 5.32 Å². The predicted molar refractivity (Wildman–Crippen MR) is 79.0 cm³/mol. The van der Waals surface area contributed by atoms with Crippen molar-refractivity contribution < 1.29 is 22.7 Å². The standard InChI is InChI=1S/C13H18ClNO5S/c1-9(7-19-2)15-13(16)11-4-10(8-20-3)5-12(6-11)21(14,17)18/h4-6,9H,7-8H2,1-3H3,(H,15,16). The van der Waals surface area contributed by atoms with Crippen molar-refractivity contribution >= 4 is 25.6 Å². The zero-order valence-electron chi connectivity index (χ0n) is 12.1. The number of nitrogens with one attached hydrogen (secondary N) is 1. The molecule has 0 aromatic heterocycles. The number of hydrogen-bond donors (Lipinski definition) is 1. The van der Waals surface area contributed by atoms with Crippen molar-refractivity contribution in [2.45, 2.75) is 24.5 Å². The van der Waals surface area contributed by atoms with E-state index in [1.165, 1.54) is 26.4 Å². The van der Waals surface area contributed by atoms with Gasteiger partial charge in [-0.2, -0.15) is 0 Å². The Labute approximate surface area is 128 Å². The lowest BCUT2D eigenvalue weighted by atomic mass is 10.1. The molecule has 0 saturated carbocycles. The summed E-state index contributed by atoms with van der Waals surface area (Å²) in [6.07, 6.45) is 0. The predicted octanol–water partition coefficient (Wildman–Crippen LogP) is 1.53. The van der Waals surface area contributed by atoms with Crippen LogP contribution in [-0.4, -0.2) is 41.2 Å². The Morgan fingerprint density at radius 1 is 1.29 bits per heavy atom. The van der Waals surface area contributed by atoms with Crippen LogP contribution in [-0.2, 0) is 25.1 Å². The number of methoxy groups -OCH3 is 2. The molecule has 0 bridgehead atoms. The second-order valence-corrected chi connectivity index (χ2v) is 7.13. The van der Waals surface area contributed by atoms with E-state index in [0.29, 0.717) is 12.2 Å². The largest absolute Gasteiger partial charge is 0.383 e. The number of hydrogen-bond acceptors (Lipinski definition) is 5. The number of benzene rings is 1. The van der Waals surface area contributed by atoms with Crippen LogP contribution >= 0.6 is 10.7 Å². The van der Waals surface area contributed by atoms with Crippen LogP contribution in [0, 0.1) is 0 Å². The Balaban J connectivity index is 3.10. The first-order valence-electron chi connectivity index (χ1n) is 6.15. The first kappa shape index (κ1) is 17.9. The Hall–Kier alpha value is -1.15. The van der Waals surface area contributed by atoms with Crippen molar-refractivity contribution in [1.29, 1.82) is 0 Å². The van der Waals surface area contributed by atoms with Crippen LogP contribution in [0.2, 0.25) is 0 Å². The van der Waals surface area contributed by atoms with Crippen molar-refractivity contribution in [3.05, 3.63) is 29.3 Å². The second-order valence-electron chi connectivity index (χ2n) is 4.57. The van der Waals surface area contributed by atoms with E-state index >= 15 is 0 Å². The molecule has 1 N–H and O–H groups in total. The van der Waals surface area contributed by atoms with Crippen molar-refractivity contribution in [2.75, 3.05) is 20.8 Å². The van der Waals surface area contributed by atoms with Gasteiger partial charge in [-0.3, -0.25) is 4.79 Å². The van der Waals surface area contributed by atoms with Crippen LogP contribution in [0.15, 0.2) is 23.1 Å². The van der Waals surface area contributed by atoms with Gasteiger partial charge in [0.1, 0.15) is 0 Å². The maximum atomic E-state index is 12.1. The molecule has 0 aliphatic heterocycles. The minimum absolute atomic E-state index is 0.136. The average Bonchev–Trinajstić information content (AvgIpc) is 2.38. The third kappa shape index (κ3) is 5.62. The highest BCUT2D eigenvalue weighted by molar-refractivity contribution is 8.13. The number of carbonyl (C=O) groups excluding carboxylic acids is 1. The third-order valence-electron chi connectivity index (χ3n) is 2.62. The minimum Gasteiger partial charge on any atom is -0.383 e. The van der Waals surface area contributed by atoms with Crippen LogP contribution in [0.3, 0.4) is 0 Å². The molecule has 8 heteroatoms. The van der Waals surface area contributed by atoms with Crippen LogP contribution in [0.4, 0.5) is 0 Å². The minimum atomic E-state index is -3.93. The fraction of sp³-hybridized carbons (Fsp3) is 0.462. The van der Waals surface area contributed by atoms with E-state index in [1.807, 2.05) is 0 Å². The highest BCUT2D eigenvalue weighted by Crippen LogP contribution is 2.20. The first-order chi connectivity index (χ1) is 9.77. The lowest BCUT2D eigenvalue weighted by Crippen LogP contribution is -2.35. The van der Waals surface area contributed by atoms with Gasteiger partial charge in [0.2, 0.25) is 0 Å². The highest BCUT2D eigenvalue weighted by Gasteiger charge is 2.17. The molecule has 6 nitrogen and oxygen atoms in total.